The van der Waals surface area contributed by atoms with Gasteiger partial charge in [0.25, 0.3) is 0 Å². The lowest BCUT2D eigenvalue weighted by Gasteiger charge is -2.11. The number of anilines is 1. The SMILES string of the molecule is NC(=O)c1ccc(Cl)c(NCc2cccc(Cl)c2O)c1. The van der Waals surface area contributed by atoms with Crippen molar-refractivity contribution in [3.63, 3.8) is 0 Å². The third-order valence-corrected chi connectivity index (χ3v) is 3.43. The van der Waals surface area contributed by atoms with Crippen LogP contribution in [0.1, 0.15) is 15.9 Å². The zero-order valence-corrected chi connectivity index (χ0v) is 11.9. The highest BCUT2D eigenvalue weighted by atomic mass is 35.5. The zero-order valence-electron chi connectivity index (χ0n) is 10.4. The first-order valence-corrected chi connectivity index (χ1v) is 6.54. The van der Waals surface area contributed by atoms with Crippen molar-refractivity contribution in [3.05, 3.63) is 57.6 Å². The van der Waals surface area contributed by atoms with Crippen molar-refractivity contribution in [2.75, 3.05) is 5.32 Å². The average molecular weight is 311 g/mol. The van der Waals surface area contributed by atoms with Gasteiger partial charge in [-0.1, -0.05) is 35.3 Å². The molecule has 0 aromatic heterocycles. The lowest BCUT2D eigenvalue weighted by atomic mass is 10.1. The number of nitrogens with two attached hydrogens (primary N) is 1. The summed E-state index contributed by atoms with van der Waals surface area (Å²) < 4.78 is 0. The van der Waals surface area contributed by atoms with Crippen LogP contribution in [0.5, 0.6) is 5.75 Å². The van der Waals surface area contributed by atoms with Crippen molar-refractivity contribution < 1.29 is 9.90 Å². The van der Waals surface area contributed by atoms with E-state index < -0.39 is 5.91 Å². The maximum atomic E-state index is 11.1. The van der Waals surface area contributed by atoms with Crippen molar-refractivity contribution >= 4 is 34.8 Å². The Hall–Kier alpha value is -1.91. The maximum absolute atomic E-state index is 11.1. The van der Waals surface area contributed by atoms with Gasteiger partial charge in [-0.15, -0.1) is 0 Å². The molecule has 6 heteroatoms. The van der Waals surface area contributed by atoms with E-state index in [1.165, 1.54) is 0 Å². The molecule has 0 aliphatic rings. The monoisotopic (exact) mass is 310 g/mol. The Kier molecular flexibility index (Phi) is 4.37. The molecule has 1 amide bonds. The Balaban J connectivity index is 2.20. The Morgan fingerprint density at radius 2 is 1.95 bits per heavy atom. The number of aromatic hydroxyl groups is 1. The molecule has 104 valence electrons. The van der Waals surface area contributed by atoms with E-state index in [1.54, 1.807) is 36.4 Å². The molecule has 2 aromatic rings. The molecule has 4 N–H and O–H groups in total. The average Bonchev–Trinajstić information content (AvgIpc) is 2.41. The Morgan fingerprint density at radius 3 is 2.65 bits per heavy atom. The summed E-state index contributed by atoms with van der Waals surface area (Å²) in [7, 11) is 0. The number of rotatable bonds is 4. The molecule has 0 spiro atoms. The molecule has 0 atom stereocenters. The van der Waals surface area contributed by atoms with Crippen LogP contribution >= 0.6 is 23.2 Å². The number of hydrogen-bond acceptors (Lipinski definition) is 3. The van der Waals surface area contributed by atoms with Gasteiger partial charge in [0.15, 0.2) is 0 Å². The van der Waals surface area contributed by atoms with Crippen LogP contribution in [0.25, 0.3) is 0 Å². The molecule has 2 aromatic carbocycles. The summed E-state index contributed by atoms with van der Waals surface area (Å²) in [6, 6.07) is 9.77. The highest BCUT2D eigenvalue weighted by Crippen LogP contribution is 2.29. The molecule has 0 radical (unpaired) electrons. The molecule has 0 aliphatic carbocycles. The number of para-hydroxylation sites is 1. The van der Waals surface area contributed by atoms with E-state index in [1.807, 2.05) is 0 Å². The van der Waals surface area contributed by atoms with Crippen LogP contribution in [0, 0.1) is 0 Å². The van der Waals surface area contributed by atoms with Crippen molar-refractivity contribution in [3.8, 4) is 5.75 Å². The number of nitrogens with one attached hydrogen (secondary N) is 1. The minimum atomic E-state index is -0.532. The lowest BCUT2D eigenvalue weighted by molar-refractivity contribution is 0.100. The van der Waals surface area contributed by atoms with Crippen molar-refractivity contribution in [2.45, 2.75) is 6.54 Å². The highest BCUT2D eigenvalue weighted by molar-refractivity contribution is 6.33. The molecular weight excluding hydrogens is 299 g/mol. The summed E-state index contributed by atoms with van der Waals surface area (Å²) in [6.07, 6.45) is 0. The van der Waals surface area contributed by atoms with E-state index in [-0.39, 0.29) is 10.8 Å². The molecule has 0 bridgehead atoms. The maximum Gasteiger partial charge on any atom is 0.248 e. The van der Waals surface area contributed by atoms with Crippen LogP contribution in [-0.2, 0) is 6.54 Å². The lowest BCUT2D eigenvalue weighted by Crippen LogP contribution is -2.11. The number of carbonyl (C=O) groups is 1. The Labute approximate surface area is 126 Å². The fraction of sp³-hybridized carbons (Fsp3) is 0.0714. The molecule has 0 saturated heterocycles. The number of benzene rings is 2. The third-order valence-electron chi connectivity index (χ3n) is 2.79. The second kappa shape index (κ2) is 6.03. The van der Waals surface area contributed by atoms with Crippen LogP contribution in [-0.4, -0.2) is 11.0 Å². The first-order chi connectivity index (χ1) is 9.49. The van der Waals surface area contributed by atoms with E-state index >= 15 is 0 Å². The van der Waals surface area contributed by atoms with Gasteiger partial charge in [0.05, 0.1) is 15.7 Å². The number of primary amides is 1. The van der Waals surface area contributed by atoms with Crippen molar-refractivity contribution in [1.29, 1.82) is 0 Å². The molecule has 4 nitrogen and oxygen atoms in total. The fourth-order valence-electron chi connectivity index (χ4n) is 1.71. The molecule has 0 saturated carbocycles. The Bertz CT molecular complexity index is 660. The molecule has 0 unspecified atom stereocenters. The second-order valence-corrected chi connectivity index (χ2v) is 4.97. The predicted octanol–water partition coefficient (Wildman–Crippen LogP) is 3.41. The van der Waals surface area contributed by atoms with Crippen LogP contribution in [0.3, 0.4) is 0 Å². The topological polar surface area (TPSA) is 75.4 Å². The molecule has 20 heavy (non-hydrogen) atoms. The van der Waals surface area contributed by atoms with E-state index in [2.05, 4.69) is 5.32 Å². The number of phenolic OH excluding ortho intramolecular Hbond substituents is 1. The minimum absolute atomic E-state index is 0.0174. The summed E-state index contributed by atoms with van der Waals surface area (Å²) in [4.78, 5) is 11.1. The third kappa shape index (κ3) is 3.15. The van der Waals surface area contributed by atoms with Gasteiger partial charge in [0, 0.05) is 17.7 Å². The van der Waals surface area contributed by atoms with E-state index in [9.17, 15) is 9.90 Å². The van der Waals surface area contributed by atoms with Gasteiger partial charge in [-0.3, -0.25) is 4.79 Å². The summed E-state index contributed by atoms with van der Waals surface area (Å²) in [5, 5.41) is 13.6. The van der Waals surface area contributed by atoms with Crippen LogP contribution in [0.2, 0.25) is 10.0 Å². The first-order valence-electron chi connectivity index (χ1n) is 5.78. The number of halogens is 2. The standard InChI is InChI=1S/C14H12Cl2N2O2/c15-10-5-4-8(14(17)20)6-12(10)18-7-9-2-1-3-11(16)13(9)19/h1-6,18-19H,7H2,(H2,17,20). The number of carbonyl (C=O) groups excluding carboxylic acids is 1. The van der Waals surface area contributed by atoms with Gasteiger partial charge in [-0.2, -0.15) is 0 Å². The zero-order chi connectivity index (χ0) is 14.7. The van der Waals surface area contributed by atoms with Crippen LogP contribution < -0.4 is 11.1 Å². The van der Waals surface area contributed by atoms with E-state index in [4.69, 9.17) is 28.9 Å². The van der Waals surface area contributed by atoms with Crippen molar-refractivity contribution in [1.82, 2.24) is 0 Å². The molecule has 0 heterocycles. The second-order valence-electron chi connectivity index (χ2n) is 4.16. The number of amides is 1. The van der Waals surface area contributed by atoms with Gasteiger partial charge in [0.2, 0.25) is 5.91 Å². The van der Waals surface area contributed by atoms with E-state index in [0.29, 0.717) is 28.4 Å². The van der Waals surface area contributed by atoms with Crippen LogP contribution in [0.15, 0.2) is 36.4 Å². The van der Waals surface area contributed by atoms with Gasteiger partial charge in [-0.05, 0) is 24.3 Å². The summed E-state index contributed by atoms with van der Waals surface area (Å²) in [5.41, 5.74) is 6.75. The number of hydrogen-bond donors (Lipinski definition) is 3. The summed E-state index contributed by atoms with van der Waals surface area (Å²) >= 11 is 11.9. The highest BCUT2D eigenvalue weighted by Gasteiger charge is 2.08. The van der Waals surface area contributed by atoms with Crippen LogP contribution in [0.4, 0.5) is 5.69 Å². The smallest absolute Gasteiger partial charge is 0.248 e. The summed E-state index contributed by atoms with van der Waals surface area (Å²) in [6.45, 7) is 0.314. The Morgan fingerprint density at radius 1 is 1.20 bits per heavy atom. The largest absolute Gasteiger partial charge is 0.506 e. The molecule has 0 fully saturated rings. The summed E-state index contributed by atoms with van der Waals surface area (Å²) in [5.74, 6) is -0.515. The quantitative estimate of drug-likeness (QED) is 0.810. The first kappa shape index (κ1) is 14.5. The normalized spacial score (nSPS) is 10.3. The van der Waals surface area contributed by atoms with E-state index in [0.717, 1.165) is 0 Å². The fourth-order valence-corrected chi connectivity index (χ4v) is 2.09. The molecular formula is C14H12Cl2N2O2. The minimum Gasteiger partial charge on any atom is -0.506 e. The van der Waals surface area contributed by atoms with Gasteiger partial charge < -0.3 is 16.2 Å². The van der Waals surface area contributed by atoms with Gasteiger partial charge in [-0.25, -0.2) is 0 Å². The molecule has 0 aliphatic heterocycles. The van der Waals surface area contributed by atoms with Gasteiger partial charge >= 0.3 is 0 Å². The van der Waals surface area contributed by atoms with Gasteiger partial charge in [0.1, 0.15) is 5.75 Å². The predicted molar refractivity (Wildman–Crippen MR) is 80.4 cm³/mol. The molecule has 2 rings (SSSR count). The van der Waals surface area contributed by atoms with Crippen molar-refractivity contribution in [2.24, 2.45) is 5.73 Å². The number of phenols is 1.